The highest BCUT2D eigenvalue weighted by molar-refractivity contribution is 5.92. The molecular weight excluding hydrogens is 380 g/mol. The van der Waals surface area contributed by atoms with Gasteiger partial charge in [0.1, 0.15) is 11.5 Å². The first-order valence-electron chi connectivity index (χ1n) is 10.3. The first-order chi connectivity index (χ1) is 14.5. The van der Waals surface area contributed by atoms with E-state index in [0.29, 0.717) is 25.3 Å². The summed E-state index contributed by atoms with van der Waals surface area (Å²) >= 11 is 0. The molecule has 0 spiro atoms. The summed E-state index contributed by atoms with van der Waals surface area (Å²) in [5.41, 5.74) is 2.26. The molecule has 1 aliphatic heterocycles. The van der Waals surface area contributed by atoms with Crippen molar-refractivity contribution in [2.24, 2.45) is 7.05 Å². The van der Waals surface area contributed by atoms with Crippen molar-refractivity contribution in [1.29, 1.82) is 0 Å². The highest BCUT2D eigenvalue weighted by Crippen LogP contribution is 2.27. The Labute approximate surface area is 175 Å². The predicted molar refractivity (Wildman–Crippen MR) is 112 cm³/mol. The molecule has 30 heavy (non-hydrogen) atoms. The zero-order valence-corrected chi connectivity index (χ0v) is 17.4. The number of rotatable bonds is 5. The van der Waals surface area contributed by atoms with E-state index in [4.69, 9.17) is 0 Å². The number of aryl methyl sites for hydroxylation is 3. The van der Waals surface area contributed by atoms with Gasteiger partial charge in [0.2, 0.25) is 0 Å². The van der Waals surface area contributed by atoms with E-state index in [1.54, 1.807) is 17.8 Å². The largest absolute Gasteiger partial charge is 0.345 e. The van der Waals surface area contributed by atoms with Gasteiger partial charge in [-0.3, -0.25) is 14.3 Å². The first kappa shape index (κ1) is 20.0. The Bertz CT molecular complexity index is 1060. The second-order valence-electron chi connectivity index (χ2n) is 7.76. The van der Waals surface area contributed by atoms with Gasteiger partial charge in [0.05, 0.1) is 11.9 Å². The number of carbonyl (C=O) groups is 1. The van der Waals surface area contributed by atoms with E-state index in [1.807, 2.05) is 30.0 Å². The Balaban J connectivity index is 1.44. The molecule has 3 aromatic rings. The maximum absolute atomic E-state index is 12.7. The highest BCUT2D eigenvalue weighted by atomic mass is 16.2. The Hall–Kier alpha value is -3.29. The Kier molecular flexibility index (Phi) is 5.74. The lowest BCUT2D eigenvalue weighted by Gasteiger charge is -2.31. The molecule has 0 aliphatic carbocycles. The quantitative estimate of drug-likeness (QED) is 0.646. The number of carbonyl (C=O) groups excluding carboxylic acids is 1. The number of likely N-dealkylation sites (tertiary alicyclic amines) is 1. The number of nitrogens with zero attached hydrogens (tertiary/aromatic N) is 6. The zero-order valence-electron chi connectivity index (χ0n) is 17.4. The third-order valence-corrected chi connectivity index (χ3v) is 5.65. The van der Waals surface area contributed by atoms with Crippen LogP contribution >= 0.6 is 0 Å². The number of aromatic nitrogens is 5. The van der Waals surface area contributed by atoms with Gasteiger partial charge in [-0.05, 0) is 31.7 Å². The standard InChI is InChI=1S/C22H26N6O2/c1-16-14-24-19(15-23-16)21(29)27-11-9-18(10-12-27)20-25-26(2)22(30)28(20)13-8-17-6-4-3-5-7-17/h3-7,14-15,18H,8-13H2,1-2H3. The topological polar surface area (TPSA) is 85.9 Å². The summed E-state index contributed by atoms with van der Waals surface area (Å²) in [6, 6.07) is 10.1. The Morgan fingerprint density at radius 2 is 1.83 bits per heavy atom. The van der Waals surface area contributed by atoms with Crippen molar-refractivity contribution in [2.75, 3.05) is 13.1 Å². The first-order valence-corrected chi connectivity index (χ1v) is 10.3. The molecular formula is C22H26N6O2. The van der Waals surface area contributed by atoms with Gasteiger partial charge in [0, 0.05) is 38.8 Å². The molecule has 1 saturated heterocycles. The third kappa shape index (κ3) is 4.17. The molecule has 0 unspecified atom stereocenters. The van der Waals surface area contributed by atoms with Gasteiger partial charge in [-0.25, -0.2) is 14.5 Å². The molecule has 4 rings (SSSR count). The van der Waals surface area contributed by atoms with Crippen LogP contribution in [0, 0.1) is 6.92 Å². The van der Waals surface area contributed by atoms with Crippen LogP contribution in [0.25, 0.3) is 0 Å². The fraction of sp³-hybridized carbons (Fsp3) is 0.409. The fourth-order valence-electron chi connectivity index (χ4n) is 3.93. The van der Waals surface area contributed by atoms with Gasteiger partial charge in [-0.1, -0.05) is 30.3 Å². The maximum atomic E-state index is 12.7. The normalized spacial score (nSPS) is 14.8. The lowest BCUT2D eigenvalue weighted by atomic mass is 9.95. The van der Waals surface area contributed by atoms with Crippen LogP contribution in [0.15, 0.2) is 47.5 Å². The van der Waals surface area contributed by atoms with Crippen LogP contribution in [0.4, 0.5) is 0 Å². The highest BCUT2D eigenvalue weighted by Gasteiger charge is 2.29. The Morgan fingerprint density at radius 1 is 1.10 bits per heavy atom. The van der Waals surface area contributed by atoms with Gasteiger partial charge in [0.25, 0.3) is 5.91 Å². The average Bonchev–Trinajstić information content (AvgIpc) is 3.07. The van der Waals surface area contributed by atoms with Crippen molar-refractivity contribution in [3.63, 3.8) is 0 Å². The smallest absolute Gasteiger partial charge is 0.337 e. The van der Waals surface area contributed by atoms with Crippen LogP contribution < -0.4 is 5.69 Å². The van der Waals surface area contributed by atoms with Crippen LogP contribution in [0.3, 0.4) is 0 Å². The molecule has 3 heterocycles. The molecule has 8 nitrogen and oxygen atoms in total. The molecule has 0 atom stereocenters. The van der Waals surface area contributed by atoms with Crippen LogP contribution in [0.5, 0.6) is 0 Å². The minimum atomic E-state index is -0.0940. The summed E-state index contributed by atoms with van der Waals surface area (Å²) in [6.45, 7) is 3.67. The molecule has 0 radical (unpaired) electrons. The van der Waals surface area contributed by atoms with Gasteiger partial charge in [0.15, 0.2) is 0 Å². The summed E-state index contributed by atoms with van der Waals surface area (Å²) in [5, 5.41) is 4.53. The number of benzene rings is 1. The molecule has 1 aliphatic rings. The van der Waals surface area contributed by atoms with E-state index in [0.717, 1.165) is 30.8 Å². The van der Waals surface area contributed by atoms with E-state index in [9.17, 15) is 9.59 Å². The second-order valence-corrected chi connectivity index (χ2v) is 7.76. The number of hydrogen-bond donors (Lipinski definition) is 0. The van der Waals surface area contributed by atoms with Gasteiger partial charge in [-0.2, -0.15) is 5.10 Å². The lowest BCUT2D eigenvalue weighted by molar-refractivity contribution is 0.0703. The number of amides is 1. The van der Waals surface area contributed by atoms with Crippen molar-refractivity contribution in [1.82, 2.24) is 29.2 Å². The number of piperidine rings is 1. The SMILES string of the molecule is Cc1cnc(C(=O)N2CCC(c3nn(C)c(=O)n3CCc3ccccc3)CC2)cn1. The maximum Gasteiger partial charge on any atom is 0.345 e. The molecule has 8 heteroatoms. The third-order valence-electron chi connectivity index (χ3n) is 5.65. The molecule has 1 fully saturated rings. The molecule has 1 amide bonds. The molecule has 0 bridgehead atoms. The predicted octanol–water partition coefficient (Wildman–Crippen LogP) is 1.94. The second kappa shape index (κ2) is 8.61. The summed E-state index contributed by atoms with van der Waals surface area (Å²) < 4.78 is 3.21. The minimum absolute atomic E-state index is 0.0885. The molecule has 1 aromatic carbocycles. The van der Waals surface area contributed by atoms with Crippen molar-refractivity contribution >= 4 is 5.91 Å². The molecule has 0 saturated carbocycles. The summed E-state index contributed by atoms with van der Waals surface area (Å²) in [5.74, 6) is 0.881. The van der Waals surface area contributed by atoms with Gasteiger partial charge < -0.3 is 4.90 Å². The molecule has 2 aromatic heterocycles. The van der Waals surface area contributed by atoms with Gasteiger partial charge in [-0.15, -0.1) is 0 Å². The van der Waals surface area contributed by atoms with Crippen LogP contribution in [-0.2, 0) is 20.0 Å². The van der Waals surface area contributed by atoms with Crippen LogP contribution in [0.1, 0.15) is 46.3 Å². The Morgan fingerprint density at radius 3 is 2.50 bits per heavy atom. The van der Waals surface area contributed by atoms with E-state index in [2.05, 4.69) is 27.2 Å². The molecule has 0 N–H and O–H groups in total. The van der Waals surface area contributed by atoms with E-state index in [1.165, 1.54) is 16.4 Å². The van der Waals surface area contributed by atoms with Crippen molar-refractivity contribution < 1.29 is 4.79 Å². The van der Waals surface area contributed by atoms with Gasteiger partial charge >= 0.3 is 5.69 Å². The molecule has 156 valence electrons. The minimum Gasteiger partial charge on any atom is -0.337 e. The zero-order chi connectivity index (χ0) is 21.1. The monoisotopic (exact) mass is 406 g/mol. The van der Waals surface area contributed by atoms with Crippen LogP contribution in [-0.4, -0.2) is 48.2 Å². The van der Waals surface area contributed by atoms with E-state index < -0.39 is 0 Å². The van der Waals surface area contributed by atoms with Crippen LogP contribution in [0.2, 0.25) is 0 Å². The fourth-order valence-corrected chi connectivity index (χ4v) is 3.93. The van der Waals surface area contributed by atoms with E-state index >= 15 is 0 Å². The summed E-state index contributed by atoms with van der Waals surface area (Å²) in [7, 11) is 1.69. The van der Waals surface area contributed by atoms with E-state index in [-0.39, 0.29) is 17.5 Å². The lowest BCUT2D eigenvalue weighted by Crippen LogP contribution is -2.39. The summed E-state index contributed by atoms with van der Waals surface area (Å²) in [6.07, 6.45) is 5.46. The van der Waals surface area contributed by atoms with Crippen molar-refractivity contribution in [2.45, 2.75) is 38.6 Å². The number of hydrogen-bond acceptors (Lipinski definition) is 5. The average molecular weight is 406 g/mol. The summed E-state index contributed by atoms with van der Waals surface area (Å²) in [4.78, 5) is 35.5. The van der Waals surface area contributed by atoms with Crippen molar-refractivity contribution in [3.8, 4) is 0 Å². The van der Waals surface area contributed by atoms with Crippen molar-refractivity contribution in [3.05, 3.63) is 76.0 Å².